The molecule has 0 fully saturated rings. The molecule has 1 atom stereocenters. The normalized spacial score (nSPS) is 11.3. The first-order valence-electron chi connectivity index (χ1n) is 4.11. The number of carbonyl (C=O) groups excluding carboxylic acids is 1. The van der Waals surface area contributed by atoms with Gasteiger partial charge in [-0.2, -0.15) is 0 Å². The first kappa shape index (κ1) is 12.7. The van der Waals surface area contributed by atoms with E-state index in [4.69, 9.17) is 5.73 Å². The molecule has 0 aromatic heterocycles. The molecule has 1 aromatic rings. The van der Waals surface area contributed by atoms with Gasteiger partial charge < -0.3 is 10.5 Å². The quantitative estimate of drug-likeness (QED) is 0.552. The van der Waals surface area contributed by atoms with Gasteiger partial charge in [0.25, 0.3) is 0 Å². The third-order valence-electron chi connectivity index (χ3n) is 1.80. The molecule has 0 amide bonds. The average Bonchev–Trinajstić information content (AvgIpc) is 2.18. The highest BCUT2D eigenvalue weighted by Crippen LogP contribution is 2.02. The molecular weight excluding hydrogens is 177 g/mol. The summed E-state index contributed by atoms with van der Waals surface area (Å²) in [6.45, 7) is 0. The minimum absolute atomic E-state index is 0. The maximum absolute atomic E-state index is 11.0. The second-order valence-corrected chi connectivity index (χ2v) is 2.82. The van der Waals surface area contributed by atoms with E-state index in [-0.39, 0.29) is 14.4 Å². The van der Waals surface area contributed by atoms with Gasteiger partial charge in [0.2, 0.25) is 0 Å². The van der Waals surface area contributed by atoms with Crippen molar-refractivity contribution in [3.63, 3.8) is 0 Å². The molecule has 14 heavy (non-hydrogen) atoms. The minimum atomic E-state index is -0.563. The van der Waals surface area contributed by atoms with Gasteiger partial charge >= 0.3 is 5.97 Å². The minimum Gasteiger partial charge on any atom is -0.468 e. The van der Waals surface area contributed by atoms with Crippen LogP contribution in [0.25, 0.3) is 0 Å². The van der Waals surface area contributed by atoms with Gasteiger partial charge in [0.15, 0.2) is 0 Å². The van der Waals surface area contributed by atoms with Crippen LogP contribution in [0, 0.1) is 0 Å². The summed E-state index contributed by atoms with van der Waals surface area (Å²) in [6, 6.07) is 9.06. The Morgan fingerprint density at radius 2 is 2.00 bits per heavy atom. The molecule has 0 unspecified atom stereocenters. The standard InChI is InChI=1S/C10H13NO2.B/c1-13-10(12)9(11)7-8-5-3-2-4-6-8;/h2-6,9H,7,11H2,1H3;/t9-;/m0./s1. The van der Waals surface area contributed by atoms with Crippen molar-refractivity contribution >= 4 is 14.4 Å². The van der Waals surface area contributed by atoms with Crippen molar-refractivity contribution in [3.8, 4) is 0 Å². The van der Waals surface area contributed by atoms with Crippen molar-refractivity contribution in [1.29, 1.82) is 0 Å². The van der Waals surface area contributed by atoms with Crippen LogP contribution in [0.15, 0.2) is 30.3 Å². The molecule has 73 valence electrons. The molecular formula is C10H13BNO2. The number of rotatable bonds is 3. The Morgan fingerprint density at radius 1 is 1.43 bits per heavy atom. The predicted molar refractivity (Wildman–Crippen MR) is 55.9 cm³/mol. The van der Waals surface area contributed by atoms with E-state index in [2.05, 4.69) is 4.74 Å². The Bertz CT molecular complexity index is 277. The predicted octanol–water partition coefficient (Wildman–Crippen LogP) is 0.349. The van der Waals surface area contributed by atoms with Crippen LogP contribution in [0.5, 0.6) is 0 Å². The van der Waals surface area contributed by atoms with Gasteiger partial charge in [0.1, 0.15) is 6.04 Å². The fraction of sp³-hybridized carbons (Fsp3) is 0.300. The topological polar surface area (TPSA) is 52.3 Å². The summed E-state index contributed by atoms with van der Waals surface area (Å²) in [5.41, 5.74) is 6.63. The Balaban J connectivity index is 0.00000169. The first-order chi connectivity index (χ1) is 6.24. The maximum Gasteiger partial charge on any atom is 0.322 e. The summed E-state index contributed by atoms with van der Waals surface area (Å²) in [6.07, 6.45) is 0.521. The van der Waals surface area contributed by atoms with Crippen LogP contribution in [0.2, 0.25) is 0 Å². The number of ether oxygens (including phenoxy) is 1. The van der Waals surface area contributed by atoms with Gasteiger partial charge in [-0.15, -0.1) is 0 Å². The van der Waals surface area contributed by atoms with E-state index in [9.17, 15) is 4.79 Å². The summed E-state index contributed by atoms with van der Waals surface area (Å²) in [4.78, 5) is 11.0. The zero-order valence-electron chi connectivity index (χ0n) is 8.14. The number of methoxy groups -OCH3 is 1. The van der Waals surface area contributed by atoms with Crippen LogP contribution in [0.3, 0.4) is 0 Å². The molecule has 0 aliphatic carbocycles. The fourth-order valence-electron chi connectivity index (χ4n) is 1.10. The van der Waals surface area contributed by atoms with Crippen molar-refractivity contribution in [2.45, 2.75) is 12.5 Å². The smallest absolute Gasteiger partial charge is 0.322 e. The van der Waals surface area contributed by atoms with E-state index in [1.165, 1.54) is 7.11 Å². The SMILES string of the molecule is COC(=O)[C@@H](N)Cc1ccccc1.[B]. The largest absolute Gasteiger partial charge is 0.468 e. The van der Waals surface area contributed by atoms with Gasteiger partial charge in [0, 0.05) is 8.41 Å². The van der Waals surface area contributed by atoms with Crippen LogP contribution in [-0.2, 0) is 16.0 Å². The van der Waals surface area contributed by atoms with Gasteiger partial charge in [-0.25, -0.2) is 0 Å². The highest BCUT2D eigenvalue weighted by molar-refractivity contribution is 5.76. The summed E-state index contributed by atoms with van der Waals surface area (Å²) < 4.78 is 4.52. The van der Waals surface area contributed by atoms with Crippen LogP contribution in [0.4, 0.5) is 0 Å². The number of hydrogen-bond donors (Lipinski definition) is 1. The molecule has 0 heterocycles. The maximum atomic E-state index is 11.0. The lowest BCUT2D eigenvalue weighted by atomic mass is 10.1. The summed E-state index contributed by atoms with van der Waals surface area (Å²) in [5, 5.41) is 0. The average molecular weight is 190 g/mol. The molecule has 1 rings (SSSR count). The van der Waals surface area contributed by atoms with E-state index in [1.54, 1.807) is 0 Å². The zero-order chi connectivity index (χ0) is 9.68. The van der Waals surface area contributed by atoms with Crippen LogP contribution < -0.4 is 5.73 Å². The second-order valence-electron chi connectivity index (χ2n) is 2.82. The first-order valence-corrected chi connectivity index (χ1v) is 4.11. The molecule has 4 heteroatoms. The van der Waals surface area contributed by atoms with Gasteiger partial charge in [-0.05, 0) is 12.0 Å². The molecule has 3 nitrogen and oxygen atoms in total. The van der Waals surface area contributed by atoms with Crippen LogP contribution in [-0.4, -0.2) is 27.5 Å². The van der Waals surface area contributed by atoms with Crippen molar-refractivity contribution in [1.82, 2.24) is 0 Å². The van der Waals surface area contributed by atoms with E-state index in [0.717, 1.165) is 5.56 Å². The van der Waals surface area contributed by atoms with Gasteiger partial charge in [0.05, 0.1) is 7.11 Å². The monoisotopic (exact) mass is 190 g/mol. The van der Waals surface area contributed by atoms with Crippen molar-refractivity contribution < 1.29 is 9.53 Å². The van der Waals surface area contributed by atoms with Gasteiger partial charge in [-0.3, -0.25) is 4.79 Å². The van der Waals surface area contributed by atoms with Crippen LogP contribution >= 0.6 is 0 Å². The Hall–Kier alpha value is -1.29. The lowest BCUT2D eigenvalue weighted by Crippen LogP contribution is -2.33. The van der Waals surface area contributed by atoms with Crippen molar-refractivity contribution in [3.05, 3.63) is 35.9 Å². The molecule has 0 saturated carbocycles. The Morgan fingerprint density at radius 3 is 2.50 bits per heavy atom. The zero-order valence-corrected chi connectivity index (χ0v) is 8.14. The molecule has 1 aromatic carbocycles. The number of nitrogens with two attached hydrogens (primary N) is 1. The number of carbonyl (C=O) groups is 1. The number of benzene rings is 1. The third kappa shape index (κ3) is 3.62. The lowest BCUT2D eigenvalue weighted by Gasteiger charge is -2.08. The van der Waals surface area contributed by atoms with E-state index < -0.39 is 6.04 Å². The Kier molecular flexibility index (Phi) is 5.64. The molecule has 3 radical (unpaired) electrons. The molecule has 0 spiro atoms. The molecule has 0 aliphatic heterocycles. The number of hydrogen-bond acceptors (Lipinski definition) is 3. The molecule has 2 N–H and O–H groups in total. The molecule has 0 aliphatic rings. The van der Waals surface area contributed by atoms with Gasteiger partial charge in [-0.1, -0.05) is 30.3 Å². The second kappa shape index (κ2) is 6.21. The van der Waals surface area contributed by atoms with E-state index >= 15 is 0 Å². The molecule has 0 bridgehead atoms. The highest BCUT2D eigenvalue weighted by atomic mass is 16.5. The summed E-state index contributed by atoms with van der Waals surface area (Å²) >= 11 is 0. The summed E-state index contributed by atoms with van der Waals surface area (Å²) in [5.74, 6) is -0.371. The summed E-state index contributed by atoms with van der Waals surface area (Å²) in [7, 11) is 1.34. The molecule has 0 saturated heterocycles. The third-order valence-corrected chi connectivity index (χ3v) is 1.80. The Labute approximate surface area is 85.8 Å². The van der Waals surface area contributed by atoms with Crippen molar-refractivity contribution in [2.75, 3.05) is 7.11 Å². The lowest BCUT2D eigenvalue weighted by molar-refractivity contribution is -0.142. The van der Waals surface area contributed by atoms with E-state index in [1.807, 2.05) is 30.3 Å². The van der Waals surface area contributed by atoms with Crippen molar-refractivity contribution in [2.24, 2.45) is 5.73 Å². The van der Waals surface area contributed by atoms with E-state index in [0.29, 0.717) is 6.42 Å². The van der Waals surface area contributed by atoms with Crippen LogP contribution in [0.1, 0.15) is 5.56 Å². The highest BCUT2D eigenvalue weighted by Gasteiger charge is 2.13. The fourth-order valence-corrected chi connectivity index (χ4v) is 1.10. The number of esters is 1.